The summed E-state index contributed by atoms with van der Waals surface area (Å²) in [4.78, 5) is 5.36. The Hall–Kier alpha value is -0.840. The number of nitrogens with two attached hydrogens (primary N) is 1. The molecule has 0 saturated carbocycles. The van der Waals surface area contributed by atoms with Crippen LogP contribution in [0.25, 0.3) is 0 Å². The minimum Gasteiger partial charge on any atom is -0.393 e. The third-order valence-corrected chi connectivity index (χ3v) is 4.31. The number of hydrogen-bond acceptors (Lipinski definition) is 3. The number of benzene rings is 1. The predicted octanol–water partition coefficient (Wildman–Crippen LogP) is 2.38. The third-order valence-electron chi connectivity index (χ3n) is 3.58. The van der Waals surface area contributed by atoms with Gasteiger partial charge in [-0.25, -0.2) is 0 Å². The Kier molecular flexibility index (Phi) is 5.02. The molecule has 2 rings (SSSR count). The molecule has 1 saturated heterocycles. The van der Waals surface area contributed by atoms with Crippen molar-refractivity contribution >= 4 is 34.5 Å². The Morgan fingerprint density at radius 3 is 2.53 bits per heavy atom. The topological polar surface area (TPSA) is 32.5 Å². The molecule has 104 valence electrons. The monoisotopic (exact) mass is 297 g/mol. The second-order valence-electron chi connectivity index (χ2n) is 5.04. The summed E-state index contributed by atoms with van der Waals surface area (Å²) < 4.78 is 0. The van der Waals surface area contributed by atoms with Crippen LogP contribution in [0.2, 0.25) is 5.02 Å². The lowest BCUT2D eigenvalue weighted by Gasteiger charge is -2.37. The van der Waals surface area contributed by atoms with Crippen molar-refractivity contribution in [2.45, 2.75) is 6.92 Å². The zero-order valence-corrected chi connectivity index (χ0v) is 12.8. The molecule has 1 aromatic rings. The fraction of sp³-hybridized carbons (Fsp3) is 0.500. The van der Waals surface area contributed by atoms with Crippen LogP contribution in [0.5, 0.6) is 0 Å². The summed E-state index contributed by atoms with van der Waals surface area (Å²) >= 11 is 11.3. The first-order chi connectivity index (χ1) is 9.08. The highest BCUT2D eigenvalue weighted by Crippen LogP contribution is 2.26. The van der Waals surface area contributed by atoms with E-state index >= 15 is 0 Å². The van der Waals surface area contributed by atoms with Crippen LogP contribution >= 0.6 is 23.8 Å². The van der Waals surface area contributed by atoms with Crippen LogP contribution in [0.15, 0.2) is 24.3 Å². The van der Waals surface area contributed by atoms with Crippen molar-refractivity contribution in [1.82, 2.24) is 4.90 Å². The minimum absolute atomic E-state index is 0.280. The highest BCUT2D eigenvalue weighted by Gasteiger charge is 2.20. The number of nitrogens with zero attached hydrogens (tertiary/aromatic N) is 2. The van der Waals surface area contributed by atoms with E-state index in [1.54, 1.807) is 0 Å². The van der Waals surface area contributed by atoms with Gasteiger partial charge in [-0.2, -0.15) is 0 Å². The van der Waals surface area contributed by atoms with Crippen LogP contribution in [-0.2, 0) is 0 Å². The van der Waals surface area contributed by atoms with Gasteiger partial charge in [0.05, 0.1) is 15.7 Å². The van der Waals surface area contributed by atoms with Gasteiger partial charge in [-0.05, 0) is 12.1 Å². The van der Waals surface area contributed by atoms with E-state index in [2.05, 4.69) is 22.8 Å². The number of halogens is 1. The first-order valence-electron chi connectivity index (χ1n) is 6.59. The van der Waals surface area contributed by atoms with E-state index in [0.29, 0.717) is 4.99 Å². The fourth-order valence-corrected chi connectivity index (χ4v) is 2.69. The van der Waals surface area contributed by atoms with Gasteiger partial charge in [-0.15, -0.1) is 0 Å². The van der Waals surface area contributed by atoms with Gasteiger partial charge in [-0.3, -0.25) is 4.90 Å². The molecule has 2 N–H and O–H groups in total. The molecule has 0 aliphatic carbocycles. The molecular formula is C14H20ClN3S. The minimum atomic E-state index is 0.280. The van der Waals surface area contributed by atoms with Crippen molar-refractivity contribution in [2.24, 2.45) is 11.7 Å². The average molecular weight is 298 g/mol. The molecule has 0 bridgehead atoms. The smallest absolute Gasteiger partial charge is 0.0768 e. The summed E-state index contributed by atoms with van der Waals surface area (Å²) in [5.41, 5.74) is 6.80. The van der Waals surface area contributed by atoms with Crippen LogP contribution in [0, 0.1) is 5.92 Å². The van der Waals surface area contributed by atoms with Crippen LogP contribution in [0.1, 0.15) is 6.92 Å². The second kappa shape index (κ2) is 6.55. The Balaban J connectivity index is 1.89. The van der Waals surface area contributed by atoms with Gasteiger partial charge >= 0.3 is 0 Å². The number of hydrogen-bond donors (Lipinski definition) is 1. The normalized spacial score (nSPS) is 18.3. The molecule has 1 atom stereocenters. The highest BCUT2D eigenvalue weighted by atomic mass is 35.5. The average Bonchev–Trinajstić information content (AvgIpc) is 2.40. The van der Waals surface area contributed by atoms with Crippen molar-refractivity contribution < 1.29 is 0 Å². The Bertz CT molecular complexity index is 444. The first-order valence-corrected chi connectivity index (χ1v) is 7.37. The van der Waals surface area contributed by atoms with E-state index in [-0.39, 0.29) is 5.92 Å². The summed E-state index contributed by atoms with van der Waals surface area (Å²) in [5.74, 6) is 0.280. The molecule has 19 heavy (non-hydrogen) atoms. The fourth-order valence-electron chi connectivity index (χ4n) is 2.36. The summed E-state index contributed by atoms with van der Waals surface area (Å²) in [6, 6.07) is 8.02. The maximum atomic E-state index is 6.23. The van der Waals surface area contributed by atoms with E-state index in [0.717, 1.165) is 43.4 Å². The number of anilines is 1. The number of thiocarbonyl (C=S) groups is 1. The summed E-state index contributed by atoms with van der Waals surface area (Å²) in [5, 5.41) is 0.826. The molecule has 1 aliphatic heterocycles. The van der Waals surface area contributed by atoms with E-state index in [1.165, 1.54) is 0 Å². The summed E-state index contributed by atoms with van der Waals surface area (Å²) in [6.07, 6.45) is 0. The molecule has 0 aromatic heterocycles. The number of rotatable bonds is 4. The van der Waals surface area contributed by atoms with Crippen molar-refractivity contribution in [2.75, 3.05) is 37.6 Å². The van der Waals surface area contributed by atoms with Crippen molar-refractivity contribution in [3.63, 3.8) is 0 Å². The molecular weight excluding hydrogens is 278 g/mol. The van der Waals surface area contributed by atoms with Gasteiger partial charge < -0.3 is 10.6 Å². The zero-order chi connectivity index (χ0) is 13.8. The second-order valence-corrected chi connectivity index (χ2v) is 5.92. The molecule has 0 spiro atoms. The van der Waals surface area contributed by atoms with Crippen molar-refractivity contribution in [1.29, 1.82) is 0 Å². The lowest BCUT2D eigenvalue weighted by molar-refractivity contribution is 0.244. The van der Waals surface area contributed by atoms with Gasteiger partial charge in [0.15, 0.2) is 0 Å². The zero-order valence-electron chi connectivity index (χ0n) is 11.2. The molecule has 1 aromatic carbocycles. The van der Waals surface area contributed by atoms with Crippen LogP contribution in [-0.4, -0.2) is 42.6 Å². The molecule has 5 heteroatoms. The largest absolute Gasteiger partial charge is 0.393 e. The van der Waals surface area contributed by atoms with E-state index in [1.807, 2.05) is 18.2 Å². The SMILES string of the molecule is CC(CN1CCN(c2ccccc2Cl)CC1)C(N)=S. The van der Waals surface area contributed by atoms with Crippen LogP contribution in [0.3, 0.4) is 0 Å². The Morgan fingerprint density at radius 2 is 1.95 bits per heavy atom. The molecule has 1 heterocycles. The molecule has 0 radical (unpaired) electrons. The molecule has 3 nitrogen and oxygen atoms in total. The lowest BCUT2D eigenvalue weighted by atomic mass is 10.1. The molecule has 1 aliphatic rings. The number of para-hydroxylation sites is 1. The molecule has 1 unspecified atom stereocenters. The number of piperazine rings is 1. The Morgan fingerprint density at radius 1 is 1.32 bits per heavy atom. The van der Waals surface area contributed by atoms with E-state index in [9.17, 15) is 0 Å². The van der Waals surface area contributed by atoms with Crippen LogP contribution < -0.4 is 10.6 Å². The van der Waals surface area contributed by atoms with E-state index in [4.69, 9.17) is 29.6 Å². The summed E-state index contributed by atoms with van der Waals surface area (Å²) in [6.45, 7) is 7.08. The molecule has 0 amide bonds. The van der Waals surface area contributed by atoms with E-state index < -0.39 is 0 Å². The standard InChI is InChI=1S/C14H20ClN3S/c1-11(14(16)19)10-17-6-8-18(9-7-17)13-5-3-2-4-12(13)15/h2-5,11H,6-10H2,1H3,(H2,16,19). The van der Waals surface area contributed by atoms with Crippen molar-refractivity contribution in [3.8, 4) is 0 Å². The first kappa shape index (κ1) is 14.6. The maximum absolute atomic E-state index is 6.23. The maximum Gasteiger partial charge on any atom is 0.0768 e. The highest BCUT2D eigenvalue weighted by molar-refractivity contribution is 7.80. The van der Waals surface area contributed by atoms with Gasteiger partial charge in [0.2, 0.25) is 0 Å². The molecule has 1 fully saturated rings. The van der Waals surface area contributed by atoms with Gasteiger partial charge in [0.1, 0.15) is 0 Å². The van der Waals surface area contributed by atoms with Crippen molar-refractivity contribution in [3.05, 3.63) is 29.3 Å². The van der Waals surface area contributed by atoms with Gasteiger partial charge in [-0.1, -0.05) is 42.9 Å². The summed E-state index contributed by atoms with van der Waals surface area (Å²) in [7, 11) is 0. The van der Waals surface area contributed by atoms with Gasteiger partial charge in [0.25, 0.3) is 0 Å². The third kappa shape index (κ3) is 3.81. The lowest BCUT2D eigenvalue weighted by Crippen LogP contribution is -2.48. The quantitative estimate of drug-likeness (QED) is 0.865. The predicted molar refractivity (Wildman–Crippen MR) is 86.1 cm³/mol. The van der Waals surface area contributed by atoms with Gasteiger partial charge in [0, 0.05) is 38.6 Å². The Labute approximate surface area is 125 Å². The van der Waals surface area contributed by atoms with Crippen LogP contribution in [0.4, 0.5) is 5.69 Å².